The average molecular weight is 256 g/mol. The topological polar surface area (TPSA) is 52.1 Å². The minimum atomic E-state index is -0.164. The van der Waals surface area contributed by atoms with Crippen molar-refractivity contribution in [2.45, 2.75) is 20.8 Å². The van der Waals surface area contributed by atoms with Crippen molar-refractivity contribution in [1.29, 1.82) is 0 Å². The van der Waals surface area contributed by atoms with Crippen LogP contribution < -0.4 is 4.74 Å². The Morgan fingerprint density at radius 3 is 2.26 bits per heavy atom. The normalized spacial score (nSPS) is 10.3. The summed E-state index contributed by atoms with van der Waals surface area (Å²) in [6.45, 7) is 5.67. The number of rotatable bonds is 3. The van der Waals surface area contributed by atoms with Gasteiger partial charge < -0.3 is 4.74 Å². The van der Waals surface area contributed by atoms with Crippen LogP contribution in [0.4, 0.5) is 0 Å². The largest absolute Gasteiger partial charge is 0.496 e. The lowest BCUT2D eigenvalue weighted by atomic mass is 10.0. The molecule has 0 aliphatic heterocycles. The smallest absolute Gasteiger partial charge is 0.230 e. The molecule has 98 valence electrons. The number of nitrogens with zero attached hydrogens (tertiary/aromatic N) is 2. The standard InChI is InChI=1S/C15H16N2O2/c1-9-7-16-15(17-8-9)14(18)12-5-11(3)13(19-4)6-10(12)2/h5-8H,1-4H3. The molecule has 0 fully saturated rings. The van der Waals surface area contributed by atoms with Crippen LogP contribution in [0, 0.1) is 20.8 Å². The van der Waals surface area contributed by atoms with E-state index in [1.54, 1.807) is 19.5 Å². The third-order valence-electron chi connectivity index (χ3n) is 2.97. The first-order valence-electron chi connectivity index (χ1n) is 6.01. The second-order valence-corrected chi connectivity index (χ2v) is 4.55. The third kappa shape index (κ3) is 2.62. The van der Waals surface area contributed by atoms with Gasteiger partial charge in [0.1, 0.15) is 5.75 Å². The van der Waals surface area contributed by atoms with Crippen molar-refractivity contribution in [1.82, 2.24) is 9.97 Å². The summed E-state index contributed by atoms with van der Waals surface area (Å²) in [6.07, 6.45) is 3.29. The van der Waals surface area contributed by atoms with Gasteiger partial charge in [-0.2, -0.15) is 0 Å². The Morgan fingerprint density at radius 1 is 1.05 bits per heavy atom. The van der Waals surface area contributed by atoms with Gasteiger partial charge in [-0.15, -0.1) is 0 Å². The Morgan fingerprint density at radius 2 is 1.68 bits per heavy atom. The quantitative estimate of drug-likeness (QED) is 0.792. The molecule has 0 bridgehead atoms. The number of methoxy groups -OCH3 is 1. The van der Waals surface area contributed by atoms with Gasteiger partial charge in [-0.3, -0.25) is 4.79 Å². The number of ether oxygens (including phenoxy) is 1. The van der Waals surface area contributed by atoms with E-state index in [1.165, 1.54) is 0 Å². The highest BCUT2D eigenvalue weighted by molar-refractivity contribution is 6.07. The minimum absolute atomic E-state index is 0.164. The fraction of sp³-hybridized carbons (Fsp3) is 0.267. The second kappa shape index (κ2) is 5.18. The molecule has 0 aliphatic carbocycles. The summed E-state index contributed by atoms with van der Waals surface area (Å²) < 4.78 is 5.24. The summed E-state index contributed by atoms with van der Waals surface area (Å²) in [4.78, 5) is 20.5. The van der Waals surface area contributed by atoms with Gasteiger partial charge in [-0.1, -0.05) is 0 Å². The number of ketones is 1. The van der Waals surface area contributed by atoms with Crippen LogP contribution in [0.2, 0.25) is 0 Å². The van der Waals surface area contributed by atoms with Crippen molar-refractivity contribution in [3.8, 4) is 5.75 Å². The predicted molar refractivity (Wildman–Crippen MR) is 72.7 cm³/mol. The molecule has 2 rings (SSSR count). The third-order valence-corrected chi connectivity index (χ3v) is 2.97. The van der Waals surface area contributed by atoms with Crippen LogP contribution in [0.1, 0.15) is 32.9 Å². The summed E-state index contributed by atoms with van der Waals surface area (Å²) in [6, 6.07) is 3.68. The van der Waals surface area contributed by atoms with E-state index in [0.717, 1.165) is 22.4 Å². The van der Waals surface area contributed by atoms with E-state index < -0.39 is 0 Å². The second-order valence-electron chi connectivity index (χ2n) is 4.55. The van der Waals surface area contributed by atoms with Crippen molar-refractivity contribution < 1.29 is 9.53 Å². The highest BCUT2D eigenvalue weighted by Gasteiger charge is 2.16. The molecule has 4 heteroatoms. The molecule has 0 atom stereocenters. The summed E-state index contributed by atoms with van der Waals surface area (Å²) in [5, 5.41) is 0. The van der Waals surface area contributed by atoms with E-state index in [4.69, 9.17) is 4.74 Å². The van der Waals surface area contributed by atoms with Crippen LogP contribution in [0.3, 0.4) is 0 Å². The number of hydrogen-bond donors (Lipinski definition) is 0. The van der Waals surface area contributed by atoms with Crippen molar-refractivity contribution in [2.24, 2.45) is 0 Å². The number of carbonyl (C=O) groups excluding carboxylic acids is 1. The van der Waals surface area contributed by atoms with Gasteiger partial charge in [0.2, 0.25) is 11.6 Å². The number of aryl methyl sites for hydroxylation is 3. The number of carbonyl (C=O) groups is 1. The van der Waals surface area contributed by atoms with Crippen LogP contribution in [0.5, 0.6) is 5.75 Å². The van der Waals surface area contributed by atoms with Crippen LogP contribution in [-0.4, -0.2) is 22.9 Å². The molecule has 1 aromatic carbocycles. The molecule has 0 aliphatic rings. The van der Waals surface area contributed by atoms with Crippen molar-refractivity contribution >= 4 is 5.78 Å². The maximum absolute atomic E-state index is 12.4. The average Bonchev–Trinajstić information content (AvgIpc) is 2.41. The molecule has 4 nitrogen and oxygen atoms in total. The number of aromatic nitrogens is 2. The molecule has 0 N–H and O–H groups in total. The summed E-state index contributed by atoms with van der Waals surface area (Å²) >= 11 is 0. The lowest BCUT2D eigenvalue weighted by Gasteiger charge is -2.10. The van der Waals surface area contributed by atoms with Gasteiger partial charge in [0, 0.05) is 18.0 Å². The molecule has 0 unspecified atom stereocenters. The molecule has 0 spiro atoms. The lowest BCUT2D eigenvalue weighted by molar-refractivity contribution is 0.102. The zero-order chi connectivity index (χ0) is 14.0. The Kier molecular flexibility index (Phi) is 3.60. The van der Waals surface area contributed by atoms with E-state index in [0.29, 0.717) is 5.56 Å². The molecular weight excluding hydrogens is 240 g/mol. The fourth-order valence-corrected chi connectivity index (χ4v) is 1.88. The van der Waals surface area contributed by atoms with E-state index in [9.17, 15) is 4.79 Å². The zero-order valence-electron chi connectivity index (χ0n) is 11.5. The maximum atomic E-state index is 12.4. The van der Waals surface area contributed by atoms with Gasteiger partial charge in [-0.05, 0) is 49.6 Å². The van der Waals surface area contributed by atoms with Crippen LogP contribution in [0.25, 0.3) is 0 Å². The highest BCUT2D eigenvalue weighted by Crippen LogP contribution is 2.23. The van der Waals surface area contributed by atoms with Gasteiger partial charge in [0.25, 0.3) is 0 Å². The minimum Gasteiger partial charge on any atom is -0.496 e. The highest BCUT2D eigenvalue weighted by atomic mass is 16.5. The first kappa shape index (κ1) is 13.2. The molecule has 0 saturated carbocycles. The van der Waals surface area contributed by atoms with Gasteiger partial charge >= 0.3 is 0 Å². The van der Waals surface area contributed by atoms with Crippen molar-refractivity contribution in [2.75, 3.05) is 7.11 Å². The molecule has 1 heterocycles. The molecule has 2 aromatic rings. The van der Waals surface area contributed by atoms with Gasteiger partial charge in [0.05, 0.1) is 7.11 Å². The van der Waals surface area contributed by atoms with E-state index >= 15 is 0 Å². The summed E-state index contributed by atoms with van der Waals surface area (Å²) in [5.41, 5.74) is 3.32. The first-order chi connectivity index (χ1) is 9.02. The van der Waals surface area contributed by atoms with Crippen molar-refractivity contribution in [3.63, 3.8) is 0 Å². The molecule has 1 aromatic heterocycles. The van der Waals surface area contributed by atoms with Crippen molar-refractivity contribution in [3.05, 3.63) is 52.6 Å². The first-order valence-corrected chi connectivity index (χ1v) is 6.01. The summed E-state index contributed by atoms with van der Waals surface area (Å²) in [7, 11) is 1.62. The molecule has 0 amide bonds. The fourth-order valence-electron chi connectivity index (χ4n) is 1.88. The molecule has 0 saturated heterocycles. The van der Waals surface area contributed by atoms with Gasteiger partial charge in [-0.25, -0.2) is 9.97 Å². The SMILES string of the molecule is COc1cc(C)c(C(=O)c2ncc(C)cn2)cc1C. The van der Waals surface area contributed by atoms with Crippen LogP contribution >= 0.6 is 0 Å². The maximum Gasteiger partial charge on any atom is 0.230 e. The van der Waals surface area contributed by atoms with Gasteiger partial charge in [0.15, 0.2) is 0 Å². The Bertz CT molecular complexity index is 619. The van der Waals surface area contributed by atoms with Crippen LogP contribution in [0.15, 0.2) is 24.5 Å². The van der Waals surface area contributed by atoms with E-state index in [2.05, 4.69) is 9.97 Å². The van der Waals surface area contributed by atoms with E-state index in [1.807, 2.05) is 32.9 Å². The lowest BCUT2D eigenvalue weighted by Crippen LogP contribution is -2.09. The Labute approximate surface area is 112 Å². The zero-order valence-corrected chi connectivity index (χ0v) is 11.5. The Hall–Kier alpha value is -2.23. The van der Waals surface area contributed by atoms with E-state index in [-0.39, 0.29) is 11.6 Å². The molecular formula is C15H16N2O2. The monoisotopic (exact) mass is 256 g/mol. The number of hydrogen-bond acceptors (Lipinski definition) is 4. The predicted octanol–water partition coefficient (Wildman–Crippen LogP) is 2.64. The molecule has 19 heavy (non-hydrogen) atoms. The summed E-state index contributed by atoms with van der Waals surface area (Å²) in [5.74, 6) is 0.834. The molecule has 0 radical (unpaired) electrons. The number of benzene rings is 1. The van der Waals surface area contributed by atoms with Crippen LogP contribution in [-0.2, 0) is 0 Å². The Balaban J connectivity index is 2.44.